The highest BCUT2D eigenvalue weighted by Gasteiger charge is 2.09. The highest BCUT2D eigenvalue weighted by molar-refractivity contribution is 5.19. The first kappa shape index (κ1) is 13.0. The molecular weight excluding hydrogens is 219 g/mol. The standard InChI is InChI=1S/C11H14F3NO/c1-7(6-16)4-15-5-8-2-10(13)11(14)3-9(8)12/h2-3,7,15-16H,4-6H2,1H3. The fourth-order valence-electron chi connectivity index (χ4n) is 1.22. The summed E-state index contributed by atoms with van der Waals surface area (Å²) in [6.45, 7) is 2.42. The van der Waals surface area contributed by atoms with Gasteiger partial charge in [-0.05, 0) is 12.0 Å². The number of halogens is 3. The van der Waals surface area contributed by atoms with Crippen LogP contribution in [0.15, 0.2) is 12.1 Å². The predicted octanol–water partition coefficient (Wildman–Crippen LogP) is 1.82. The molecule has 16 heavy (non-hydrogen) atoms. The molecule has 5 heteroatoms. The average Bonchev–Trinajstić information content (AvgIpc) is 2.25. The van der Waals surface area contributed by atoms with Crippen molar-refractivity contribution >= 4 is 0 Å². The van der Waals surface area contributed by atoms with Crippen molar-refractivity contribution in [2.75, 3.05) is 13.2 Å². The lowest BCUT2D eigenvalue weighted by Gasteiger charge is -2.10. The minimum Gasteiger partial charge on any atom is -0.396 e. The van der Waals surface area contributed by atoms with Gasteiger partial charge in [0.2, 0.25) is 0 Å². The lowest BCUT2D eigenvalue weighted by atomic mass is 10.1. The summed E-state index contributed by atoms with van der Waals surface area (Å²) in [6, 6.07) is 1.36. The summed E-state index contributed by atoms with van der Waals surface area (Å²) in [4.78, 5) is 0. The molecule has 1 aromatic carbocycles. The summed E-state index contributed by atoms with van der Waals surface area (Å²) < 4.78 is 38.5. The Morgan fingerprint density at radius 3 is 2.44 bits per heavy atom. The van der Waals surface area contributed by atoms with Crippen molar-refractivity contribution in [3.05, 3.63) is 35.1 Å². The van der Waals surface area contributed by atoms with Gasteiger partial charge in [0.25, 0.3) is 0 Å². The van der Waals surface area contributed by atoms with Gasteiger partial charge in [-0.1, -0.05) is 6.92 Å². The number of benzene rings is 1. The first-order valence-corrected chi connectivity index (χ1v) is 4.99. The molecule has 0 saturated heterocycles. The van der Waals surface area contributed by atoms with Gasteiger partial charge in [0.05, 0.1) is 0 Å². The minimum atomic E-state index is -1.19. The van der Waals surface area contributed by atoms with Crippen LogP contribution in [0.3, 0.4) is 0 Å². The number of rotatable bonds is 5. The van der Waals surface area contributed by atoms with Crippen molar-refractivity contribution in [1.82, 2.24) is 5.32 Å². The summed E-state index contributed by atoms with van der Waals surface area (Å²) in [5.74, 6) is -2.99. The highest BCUT2D eigenvalue weighted by atomic mass is 19.2. The SMILES string of the molecule is CC(CO)CNCc1cc(F)c(F)cc1F. The fraction of sp³-hybridized carbons (Fsp3) is 0.455. The summed E-state index contributed by atoms with van der Waals surface area (Å²) in [5.41, 5.74) is 0.0732. The van der Waals surface area contributed by atoms with E-state index in [1.165, 1.54) is 0 Å². The van der Waals surface area contributed by atoms with Crippen molar-refractivity contribution in [3.8, 4) is 0 Å². The third-order valence-corrected chi connectivity index (χ3v) is 2.21. The molecule has 0 heterocycles. The Labute approximate surface area is 92.1 Å². The zero-order chi connectivity index (χ0) is 12.1. The normalized spacial score (nSPS) is 12.8. The Morgan fingerprint density at radius 2 is 1.81 bits per heavy atom. The van der Waals surface area contributed by atoms with E-state index < -0.39 is 17.5 Å². The first-order chi connectivity index (χ1) is 7.54. The molecule has 1 rings (SSSR count). The number of hydrogen-bond acceptors (Lipinski definition) is 2. The zero-order valence-electron chi connectivity index (χ0n) is 8.93. The highest BCUT2D eigenvalue weighted by Crippen LogP contribution is 2.13. The van der Waals surface area contributed by atoms with Crippen LogP contribution in [0.5, 0.6) is 0 Å². The molecule has 2 N–H and O–H groups in total. The molecule has 1 aromatic rings. The van der Waals surface area contributed by atoms with Gasteiger partial charge >= 0.3 is 0 Å². The van der Waals surface area contributed by atoms with E-state index in [-0.39, 0.29) is 24.6 Å². The molecule has 0 radical (unpaired) electrons. The van der Waals surface area contributed by atoms with Crippen LogP contribution in [0.25, 0.3) is 0 Å². The molecule has 0 bridgehead atoms. The van der Waals surface area contributed by atoms with E-state index in [0.29, 0.717) is 12.6 Å². The monoisotopic (exact) mass is 233 g/mol. The lowest BCUT2D eigenvalue weighted by molar-refractivity contribution is 0.233. The molecule has 0 amide bonds. The Bertz CT molecular complexity index is 357. The van der Waals surface area contributed by atoms with Gasteiger partial charge in [-0.3, -0.25) is 0 Å². The van der Waals surface area contributed by atoms with Gasteiger partial charge in [-0.2, -0.15) is 0 Å². The van der Waals surface area contributed by atoms with Gasteiger partial charge in [0.1, 0.15) is 5.82 Å². The maximum Gasteiger partial charge on any atom is 0.161 e. The van der Waals surface area contributed by atoms with E-state index in [1.807, 2.05) is 6.92 Å². The third kappa shape index (κ3) is 3.50. The molecule has 90 valence electrons. The maximum absolute atomic E-state index is 13.1. The summed E-state index contributed by atoms with van der Waals surface area (Å²) in [6.07, 6.45) is 0. The van der Waals surface area contributed by atoms with E-state index in [1.54, 1.807) is 0 Å². The minimum absolute atomic E-state index is 0.0211. The van der Waals surface area contributed by atoms with Crippen LogP contribution in [-0.2, 0) is 6.54 Å². The second kappa shape index (κ2) is 5.86. The molecule has 0 aliphatic heterocycles. The predicted molar refractivity (Wildman–Crippen MR) is 54.3 cm³/mol. The van der Waals surface area contributed by atoms with E-state index >= 15 is 0 Å². The van der Waals surface area contributed by atoms with E-state index in [9.17, 15) is 13.2 Å². The fourth-order valence-corrected chi connectivity index (χ4v) is 1.22. The molecule has 0 aliphatic carbocycles. The average molecular weight is 233 g/mol. The Morgan fingerprint density at radius 1 is 1.19 bits per heavy atom. The molecule has 1 unspecified atom stereocenters. The van der Waals surface area contributed by atoms with Crippen molar-refractivity contribution in [2.45, 2.75) is 13.5 Å². The van der Waals surface area contributed by atoms with E-state index in [0.717, 1.165) is 6.07 Å². The number of aliphatic hydroxyl groups excluding tert-OH is 1. The molecule has 0 fully saturated rings. The summed E-state index contributed by atoms with van der Waals surface area (Å²) in [7, 11) is 0. The van der Waals surface area contributed by atoms with Gasteiger partial charge in [0, 0.05) is 31.3 Å². The summed E-state index contributed by atoms with van der Waals surface area (Å²) in [5, 5.41) is 11.6. The molecule has 0 aliphatic rings. The lowest BCUT2D eigenvalue weighted by Crippen LogP contribution is -2.23. The summed E-state index contributed by atoms with van der Waals surface area (Å²) >= 11 is 0. The van der Waals surface area contributed by atoms with Gasteiger partial charge in [-0.15, -0.1) is 0 Å². The first-order valence-electron chi connectivity index (χ1n) is 4.99. The van der Waals surface area contributed by atoms with Gasteiger partial charge in [-0.25, -0.2) is 13.2 Å². The van der Waals surface area contributed by atoms with Crippen molar-refractivity contribution in [3.63, 3.8) is 0 Å². The topological polar surface area (TPSA) is 32.3 Å². The quantitative estimate of drug-likeness (QED) is 0.760. The number of hydrogen-bond donors (Lipinski definition) is 2. The second-order valence-corrected chi connectivity index (χ2v) is 3.78. The molecule has 0 spiro atoms. The van der Waals surface area contributed by atoms with E-state index in [2.05, 4.69) is 5.32 Å². The van der Waals surface area contributed by atoms with Crippen LogP contribution in [-0.4, -0.2) is 18.3 Å². The van der Waals surface area contributed by atoms with E-state index in [4.69, 9.17) is 5.11 Å². The number of aliphatic hydroxyl groups is 1. The van der Waals surface area contributed by atoms with Crippen LogP contribution in [0.2, 0.25) is 0 Å². The molecule has 2 nitrogen and oxygen atoms in total. The molecule has 0 saturated carbocycles. The third-order valence-electron chi connectivity index (χ3n) is 2.21. The smallest absolute Gasteiger partial charge is 0.161 e. The Balaban J connectivity index is 2.57. The van der Waals surface area contributed by atoms with Crippen LogP contribution < -0.4 is 5.32 Å². The van der Waals surface area contributed by atoms with Gasteiger partial charge in [0.15, 0.2) is 11.6 Å². The van der Waals surface area contributed by atoms with Crippen LogP contribution >= 0.6 is 0 Å². The molecule has 0 aromatic heterocycles. The molecular formula is C11H14F3NO. The molecule has 1 atom stereocenters. The Hall–Kier alpha value is -1.07. The second-order valence-electron chi connectivity index (χ2n) is 3.78. The van der Waals surface area contributed by atoms with Crippen molar-refractivity contribution in [1.29, 1.82) is 0 Å². The van der Waals surface area contributed by atoms with Crippen LogP contribution in [0.4, 0.5) is 13.2 Å². The largest absolute Gasteiger partial charge is 0.396 e. The van der Waals surface area contributed by atoms with Crippen LogP contribution in [0.1, 0.15) is 12.5 Å². The van der Waals surface area contributed by atoms with Crippen molar-refractivity contribution in [2.24, 2.45) is 5.92 Å². The zero-order valence-corrected chi connectivity index (χ0v) is 8.93. The number of nitrogens with one attached hydrogen (secondary N) is 1. The Kier molecular flexibility index (Phi) is 4.76. The maximum atomic E-state index is 13.1. The van der Waals surface area contributed by atoms with Crippen LogP contribution in [0, 0.1) is 23.4 Å². The van der Waals surface area contributed by atoms with Gasteiger partial charge < -0.3 is 10.4 Å². The van der Waals surface area contributed by atoms with Crippen molar-refractivity contribution < 1.29 is 18.3 Å².